The summed E-state index contributed by atoms with van der Waals surface area (Å²) in [4.78, 5) is 0. The molecule has 0 bridgehead atoms. The third-order valence-corrected chi connectivity index (χ3v) is 4.03. The minimum atomic E-state index is -0.504. The van der Waals surface area contributed by atoms with Crippen molar-refractivity contribution in [1.29, 1.82) is 0 Å². The molecule has 1 aromatic heterocycles. The van der Waals surface area contributed by atoms with Crippen molar-refractivity contribution >= 4 is 11.3 Å². The van der Waals surface area contributed by atoms with Gasteiger partial charge in [-0.05, 0) is 41.7 Å². The molecule has 18 heavy (non-hydrogen) atoms. The molecule has 0 aliphatic heterocycles. The number of rotatable bonds is 11. The fourth-order valence-electron chi connectivity index (χ4n) is 2.12. The topological polar surface area (TPSA) is 40.5 Å². The van der Waals surface area contributed by atoms with Crippen molar-refractivity contribution in [3.05, 3.63) is 22.4 Å². The van der Waals surface area contributed by atoms with Gasteiger partial charge >= 0.3 is 0 Å². The smallest absolute Gasteiger partial charge is 0.0770 e. The van der Waals surface area contributed by atoms with Crippen molar-refractivity contribution in [2.75, 3.05) is 6.61 Å². The van der Waals surface area contributed by atoms with Crippen LogP contribution in [0.5, 0.6) is 0 Å². The second-order valence-electron chi connectivity index (χ2n) is 4.98. The largest absolute Gasteiger partial charge is 0.394 e. The van der Waals surface area contributed by atoms with Crippen LogP contribution in [0.4, 0.5) is 0 Å². The lowest BCUT2D eigenvalue weighted by Gasteiger charge is -2.06. The normalized spacial score (nSPS) is 12.8. The van der Waals surface area contributed by atoms with Crippen LogP contribution in [-0.2, 0) is 6.42 Å². The molecule has 0 saturated carbocycles. The van der Waals surface area contributed by atoms with Gasteiger partial charge in [-0.1, -0.05) is 38.5 Å². The number of thiophene rings is 1. The van der Waals surface area contributed by atoms with Gasteiger partial charge in [0.05, 0.1) is 12.7 Å². The van der Waals surface area contributed by atoms with Crippen molar-refractivity contribution in [2.24, 2.45) is 0 Å². The van der Waals surface area contributed by atoms with Gasteiger partial charge in [0, 0.05) is 0 Å². The Kier molecular flexibility index (Phi) is 9.17. The molecular weight excluding hydrogens is 244 g/mol. The van der Waals surface area contributed by atoms with Gasteiger partial charge in [0.25, 0.3) is 0 Å². The number of hydrogen-bond donors (Lipinski definition) is 2. The zero-order chi connectivity index (χ0) is 13.1. The Hall–Kier alpha value is -0.380. The Balaban J connectivity index is 1.79. The van der Waals surface area contributed by atoms with E-state index in [0.717, 1.165) is 12.8 Å². The summed E-state index contributed by atoms with van der Waals surface area (Å²) in [5.41, 5.74) is 1.48. The maximum Gasteiger partial charge on any atom is 0.0770 e. The number of aliphatic hydroxyl groups is 2. The average molecular weight is 270 g/mol. The quantitative estimate of drug-likeness (QED) is 0.601. The Morgan fingerprint density at radius 3 is 2.28 bits per heavy atom. The zero-order valence-corrected chi connectivity index (χ0v) is 12.0. The van der Waals surface area contributed by atoms with Crippen LogP contribution in [0.25, 0.3) is 0 Å². The van der Waals surface area contributed by atoms with Gasteiger partial charge in [0.15, 0.2) is 0 Å². The molecule has 1 atom stereocenters. The number of unbranched alkanes of at least 4 members (excludes halogenated alkanes) is 6. The minimum Gasteiger partial charge on any atom is -0.394 e. The molecule has 0 amide bonds. The summed E-state index contributed by atoms with van der Waals surface area (Å²) in [6, 6.07) is 2.22. The Bertz CT molecular complexity index is 272. The van der Waals surface area contributed by atoms with Crippen LogP contribution in [-0.4, -0.2) is 22.9 Å². The molecule has 104 valence electrons. The van der Waals surface area contributed by atoms with Crippen molar-refractivity contribution < 1.29 is 10.2 Å². The molecule has 0 radical (unpaired) electrons. The molecule has 0 spiro atoms. The molecular formula is C15H26O2S. The van der Waals surface area contributed by atoms with E-state index < -0.39 is 6.10 Å². The van der Waals surface area contributed by atoms with E-state index in [0.29, 0.717) is 0 Å². The second kappa shape index (κ2) is 10.5. The maximum atomic E-state index is 9.17. The fourth-order valence-corrected chi connectivity index (χ4v) is 2.82. The first kappa shape index (κ1) is 15.7. The number of aliphatic hydroxyl groups excluding tert-OH is 2. The van der Waals surface area contributed by atoms with E-state index in [9.17, 15) is 5.11 Å². The summed E-state index contributed by atoms with van der Waals surface area (Å²) in [5.74, 6) is 0. The lowest BCUT2D eigenvalue weighted by atomic mass is 10.0. The van der Waals surface area contributed by atoms with E-state index in [1.54, 1.807) is 11.3 Å². The summed E-state index contributed by atoms with van der Waals surface area (Å²) in [7, 11) is 0. The van der Waals surface area contributed by atoms with Crippen LogP contribution in [0.15, 0.2) is 16.8 Å². The van der Waals surface area contributed by atoms with Gasteiger partial charge in [-0.3, -0.25) is 0 Å². The zero-order valence-electron chi connectivity index (χ0n) is 11.2. The van der Waals surface area contributed by atoms with Crippen molar-refractivity contribution in [2.45, 2.75) is 63.9 Å². The fraction of sp³-hybridized carbons (Fsp3) is 0.733. The van der Waals surface area contributed by atoms with E-state index in [1.165, 1.54) is 50.5 Å². The second-order valence-corrected chi connectivity index (χ2v) is 5.76. The van der Waals surface area contributed by atoms with Crippen LogP contribution >= 0.6 is 11.3 Å². The molecule has 0 fully saturated rings. The molecule has 0 saturated heterocycles. The lowest BCUT2D eigenvalue weighted by molar-refractivity contribution is 0.0860. The molecule has 1 rings (SSSR count). The highest BCUT2D eigenvalue weighted by atomic mass is 32.1. The van der Waals surface area contributed by atoms with Crippen LogP contribution in [0.2, 0.25) is 0 Å². The third kappa shape index (κ3) is 7.85. The van der Waals surface area contributed by atoms with Crippen LogP contribution in [0, 0.1) is 0 Å². The molecule has 3 heteroatoms. The highest BCUT2D eigenvalue weighted by Gasteiger charge is 2.00. The Morgan fingerprint density at radius 1 is 1.00 bits per heavy atom. The van der Waals surface area contributed by atoms with Crippen molar-refractivity contribution in [3.63, 3.8) is 0 Å². The van der Waals surface area contributed by atoms with E-state index >= 15 is 0 Å². The van der Waals surface area contributed by atoms with Crippen LogP contribution < -0.4 is 0 Å². The van der Waals surface area contributed by atoms with Gasteiger partial charge in [-0.25, -0.2) is 0 Å². The third-order valence-electron chi connectivity index (χ3n) is 3.29. The van der Waals surface area contributed by atoms with Gasteiger partial charge in [0.2, 0.25) is 0 Å². The molecule has 1 heterocycles. The number of aryl methyl sites for hydroxylation is 1. The van der Waals surface area contributed by atoms with E-state index in [1.807, 2.05) is 0 Å². The maximum absolute atomic E-state index is 9.17. The lowest BCUT2D eigenvalue weighted by Crippen LogP contribution is -2.10. The Labute approximate surface area is 115 Å². The van der Waals surface area contributed by atoms with Crippen molar-refractivity contribution in [1.82, 2.24) is 0 Å². The van der Waals surface area contributed by atoms with Gasteiger partial charge < -0.3 is 10.2 Å². The summed E-state index contributed by atoms with van der Waals surface area (Å²) in [6.07, 6.45) is 10.2. The first-order valence-corrected chi connectivity index (χ1v) is 8.07. The molecule has 2 N–H and O–H groups in total. The van der Waals surface area contributed by atoms with Crippen LogP contribution in [0.1, 0.15) is 56.9 Å². The molecule has 2 nitrogen and oxygen atoms in total. The molecule has 1 unspecified atom stereocenters. The van der Waals surface area contributed by atoms with Crippen LogP contribution in [0.3, 0.4) is 0 Å². The van der Waals surface area contributed by atoms with Crippen molar-refractivity contribution in [3.8, 4) is 0 Å². The first-order valence-electron chi connectivity index (χ1n) is 7.13. The predicted octanol–water partition coefficient (Wildman–Crippen LogP) is 3.76. The Morgan fingerprint density at radius 2 is 1.67 bits per heavy atom. The predicted molar refractivity (Wildman–Crippen MR) is 78.1 cm³/mol. The highest BCUT2D eigenvalue weighted by molar-refractivity contribution is 7.07. The summed E-state index contributed by atoms with van der Waals surface area (Å²) in [5, 5.41) is 22.2. The van der Waals surface area contributed by atoms with Gasteiger partial charge in [-0.15, -0.1) is 0 Å². The monoisotopic (exact) mass is 270 g/mol. The molecule has 1 aromatic rings. The van der Waals surface area contributed by atoms with E-state index in [4.69, 9.17) is 5.11 Å². The summed E-state index contributed by atoms with van der Waals surface area (Å²) < 4.78 is 0. The molecule has 0 aliphatic rings. The molecule has 0 aromatic carbocycles. The summed E-state index contributed by atoms with van der Waals surface area (Å²) >= 11 is 1.78. The highest BCUT2D eigenvalue weighted by Crippen LogP contribution is 2.13. The first-order chi connectivity index (χ1) is 8.83. The summed E-state index contributed by atoms with van der Waals surface area (Å²) in [6.45, 7) is -0.0947. The van der Waals surface area contributed by atoms with Gasteiger partial charge in [-0.2, -0.15) is 11.3 Å². The standard InChI is InChI=1S/C15H26O2S/c16-12-15(17)9-7-5-3-1-2-4-6-8-14-10-11-18-13-14/h10-11,13,15-17H,1-9,12H2. The average Bonchev–Trinajstić information content (AvgIpc) is 2.89. The van der Waals surface area contributed by atoms with Gasteiger partial charge in [0.1, 0.15) is 0 Å². The number of hydrogen-bond acceptors (Lipinski definition) is 3. The minimum absolute atomic E-state index is 0.0947. The molecule has 0 aliphatic carbocycles. The van der Waals surface area contributed by atoms with E-state index in [-0.39, 0.29) is 6.61 Å². The SMILES string of the molecule is OCC(O)CCCCCCCCCc1ccsc1. The van der Waals surface area contributed by atoms with E-state index in [2.05, 4.69) is 16.8 Å².